The molecule has 3 fully saturated rings. The Kier molecular flexibility index (Phi) is 10.0. The Bertz CT molecular complexity index is 1650. The molecule has 9 nitrogen and oxygen atoms in total. The van der Waals surface area contributed by atoms with Crippen molar-refractivity contribution in [2.45, 2.75) is 89.9 Å². The Balaban J connectivity index is 1.22. The Morgan fingerprint density at radius 1 is 1.06 bits per heavy atom. The van der Waals surface area contributed by atoms with Crippen LogP contribution in [-0.2, 0) is 32.5 Å². The van der Waals surface area contributed by atoms with E-state index in [0.29, 0.717) is 48.9 Å². The first-order valence-electron chi connectivity index (χ1n) is 18.3. The standard InChI is InChI=1S/C38H52ClN3O6S/c1-5-41(4)31-22-47-37(48-23-31)38-15-8-9-24(2)25(3)49(44,45)40-36(43)27-12-14-34-33(19-27)42(20-29-18-32(38)35(29)38)16-7-6-10-26-17-30(39)13-11-28(26)21-46-34/h11-14,17,19,24-25,29,31-32,35,37H,5-10,15-16,18,20-23H2,1-4H3,(H,40,43)/t24-,25+,29-,31?,32?,35-,37?,38?/m0/s1. The predicted octanol–water partition coefficient (Wildman–Crippen LogP) is 6.28. The van der Waals surface area contributed by atoms with Crippen molar-refractivity contribution < 1.29 is 27.4 Å². The summed E-state index contributed by atoms with van der Waals surface area (Å²) in [5.41, 5.74) is 3.39. The summed E-state index contributed by atoms with van der Waals surface area (Å²) in [6, 6.07) is 11.6. The number of fused-ring (bicyclic) bond motifs is 3. The molecular weight excluding hydrogens is 662 g/mol. The number of carbonyl (C=O) groups is 1. The van der Waals surface area contributed by atoms with Gasteiger partial charge in [0, 0.05) is 29.1 Å². The molecule has 49 heavy (non-hydrogen) atoms. The van der Waals surface area contributed by atoms with Crippen molar-refractivity contribution in [3.8, 4) is 5.75 Å². The highest BCUT2D eigenvalue weighted by Crippen LogP contribution is 2.77. The normalized spacial score (nSPS) is 34.7. The molecule has 2 saturated carbocycles. The fraction of sp³-hybridized carbons (Fsp3) is 0.658. The summed E-state index contributed by atoms with van der Waals surface area (Å²) in [6.45, 7) is 10.1. The van der Waals surface area contributed by atoms with Crippen molar-refractivity contribution in [1.29, 1.82) is 0 Å². The third-order valence-electron chi connectivity index (χ3n) is 12.6. The third kappa shape index (κ3) is 6.73. The number of nitrogens with one attached hydrogen (secondary N) is 1. The number of aryl methyl sites for hydroxylation is 1. The average molecular weight is 714 g/mol. The maximum atomic E-state index is 13.5. The molecule has 11 heteroatoms. The molecule has 2 unspecified atom stereocenters. The van der Waals surface area contributed by atoms with Crippen LogP contribution in [0.2, 0.25) is 5.02 Å². The molecule has 5 aliphatic rings. The van der Waals surface area contributed by atoms with E-state index < -0.39 is 21.2 Å². The van der Waals surface area contributed by atoms with Crippen LogP contribution in [-0.4, -0.2) is 76.7 Å². The number of hydrogen-bond donors (Lipinski definition) is 1. The second-order valence-corrected chi connectivity index (χ2v) is 17.8. The molecule has 1 amide bonds. The van der Waals surface area contributed by atoms with Crippen molar-refractivity contribution in [3.05, 3.63) is 58.1 Å². The lowest BCUT2D eigenvalue weighted by Crippen LogP contribution is -2.48. The zero-order valence-electron chi connectivity index (χ0n) is 29.3. The van der Waals surface area contributed by atoms with E-state index in [4.69, 9.17) is 25.8 Å². The lowest BCUT2D eigenvalue weighted by atomic mass is 9.84. The number of hydrogen-bond acceptors (Lipinski definition) is 8. The van der Waals surface area contributed by atoms with E-state index in [9.17, 15) is 13.2 Å². The van der Waals surface area contributed by atoms with Crippen molar-refractivity contribution in [3.63, 3.8) is 0 Å². The minimum absolute atomic E-state index is 0.0514. The topological polar surface area (TPSA) is 97.4 Å². The van der Waals surface area contributed by atoms with Crippen LogP contribution in [0.15, 0.2) is 36.4 Å². The van der Waals surface area contributed by atoms with Gasteiger partial charge in [-0.05, 0) is 124 Å². The van der Waals surface area contributed by atoms with Crippen LogP contribution in [0.1, 0.15) is 80.8 Å². The highest BCUT2D eigenvalue weighted by molar-refractivity contribution is 7.90. The highest BCUT2D eigenvalue weighted by Gasteiger charge is 2.77. The summed E-state index contributed by atoms with van der Waals surface area (Å²) in [7, 11) is -1.78. The molecule has 268 valence electrons. The zero-order chi connectivity index (χ0) is 34.5. The van der Waals surface area contributed by atoms with Crippen LogP contribution in [0.4, 0.5) is 5.69 Å². The number of rotatable bonds is 3. The van der Waals surface area contributed by atoms with Crippen LogP contribution < -0.4 is 14.4 Å². The fourth-order valence-corrected chi connectivity index (χ4v) is 10.7. The van der Waals surface area contributed by atoms with E-state index in [2.05, 4.69) is 28.5 Å². The van der Waals surface area contributed by atoms with E-state index in [1.807, 2.05) is 37.3 Å². The number of likely N-dealkylation sites (N-methyl/N-ethyl adjacent to an activating group) is 1. The SMILES string of the molecule is CCN(C)C1COC(C23CCC[C@H](C)[C@@H](C)S(=O)(=O)NC(=O)c4ccc5c(c4)N(CCCCc4cc(Cl)ccc4CO5)C[C@@H]4CC2[C@H]43)OC1. The Morgan fingerprint density at radius 2 is 1.86 bits per heavy atom. The first-order valence-corrected chi connectivity index (χ1v) is 20.2. The van der Waals surface area contributed by atoms with E-state index in [1.54, 1.807) is 13.0 Å². The van der Waals surface area contributed by atoms with Gasteiger partial charge in [0.05, 0.1) is 30.2 Å². The van der Waals surface area contributed by atoms with E-state index >= 15 is 0 Å². The van der Waals surface area contributed by atoms with Crippen molar-refractivity contribution in [2.75, 3.05) is 44.8 Å². The number of sulfonamides is 1. The number of ether oxygens (including phenoxy) is 3. The summed E-state index contributed by atoms with van der Waals surface area (Å²) in [6.07, 6.45) is 6.33. The molecule has 2 aliphatic carbocycles. The summed E-state index contributed by atoms with van der Waals surface area (Å²) >= 11 is 6.38. The monoisotopic (exact) mass is 713 g/mol. The van der Waals surface area contributed by atoms with Gasteiger partial charge in [-0.25, -0.2) is 13.1 Å². The molecule has 1 saturated heterocycles. The van der Waals surface area contributed by atoms with Crippen LogP contribution in [0.3, 0.4) is 0 Å². The molecule has 0 aromatic heterocycles. The molecule has 0 spiro atoms. The van der Waals surface area contributed by atoms with Gasteiger partial charge in [0.1, 0.15) is 12.4 Å². The number of carbonyl (C=O) groups excluding carboxylic acids is 1. The maximum Gasteiger partial charge on any atom is 0.264 e. The quantitative estimate of drug-likeness (QED) is 0.398. The second kappa shape index (κ2) is 14.0. The van der Waals surface area contributed by atoms with Gasteiger partial charge in [-0.1, -0.05) is 37.9 Å². The van der Waals surface area contributed by atoms with Gasteiger partial charge >= 0.3 is 0 Å². The van der Waals surface area contributed by atoms with Crippen LogP contribution in [0, 0.1) is 29.1 Å². The third-order valence-corrected chi connectivity index (χ3v) is 14.8. The van der Waals surface area contributed by atoms with Gasteiger partial charge in [0.15, 0.2) is 6.29 Å². The van der Waals surface area contributed by atoms with Gasteiger partial charge in [0.25, 0.3) is 5.91 Å². The van der Waals surface area contributed by atoms with Gasteiger partial charge in [-0.2, -0.15) is 0 Å². The predicted molar refractivity (Wildman–Crippen MR) is 192 cm³/mol. The van der Waals surface area contributed by atoms with Crippen molar-refractivity contribution >= 4 is 33.2 Å². The maximum absolute atomic E-state index is 13.5. The number of benzene rings is 2. The largest absolute Gasteiger partial charge is 0.487 e. The van der Waals surface area contributed by atoms with Gasteiger partial charge < -0.3 is 19.1 Å². The average Bonchev–Trinajstić information content (AvgIpc) is 3.64. The van der Waals surface area contributed by atoms with Crippen LogP contribution in [0.25, 0.3) is 0 Å². The zero-order valence-corrected chi connectivity index (χ0v) is 30.9. The summed E-state index contributed by atoms with van der Waals surface area (Å²) in [5.74, 6) is 1.46. The summed E-state index contributed by atoms with van der Waals surface area (Å²) < 4.78 is 49.1. The molecule has 2 bridgehead atoms. The lowest BCUT2D eigenvalue weighted by molar-refractivity contribution is -0.237. The molecule has 1 N–H and O–H groups in total. The number of amides is 1. The first kappa shape index (κ1) is 35.1. The molecule has 3 heterocycles. The van der Waals surface area contributed by atoms with Crippen LogP contribution in [0.5, 0.6) is 5.75 Å². The van der Waals surface area contributed by atoms with E-state index in [-0.39, 0.29) is 23.7 Å². The molecule has 7 rings (SSSR count). The lowest BCUT2D eigenvalue weighted by Gasteiger charge is -2.38. The highest BCUT2D eigenvalue weighted by atomic mass is 35.5. The molecule has 2 aromatic rings. The fourth-order valence-electron chi connectivity index (χ4n) is 9.20. The molecule has 6 atom stereocenters. The smallest absolute Gasteiger partial charge is 0.264 e. The second-order valence-electron chi connectivity index (χ2n) is 15.3. The molecular formula is C38H52ClN3O6S. The Labute approximate surface area is 297 Å². The van der Waals surface area contributed by atoms with E-state index in [1.165, 1.54) is 5.56 Å². The van der Waals surface area contributed by atoms with Crippen molar-refractivity contribution in [2.24, 2.45) is 29.1 Å². The summed E-state index contributed by atoms with van der Waals surface area (Å²) in [4.78, 5) is 18.2. The number of nitrogens with zero attached hydrogens (tertiary/aromatic N) is 2. The van der Waals surface area contributed by atoms with E-state index in [0.717, 1.165) is 80.9 Å². The molecule has 3 aliphatic heterocycles. The molecule has 2 aromatic carbocycles. The van der Waals surface area contributed by atoms with Gasteiger partial charge in [0.2, 0.25) is 10.0 Å². The van der Waals surface area contributed by atoms with Gasteiger partial charge in [-0.3, -0.25) is 9.69 Å². The minimum Gasteiger partial charge on any atom is -0.487 e. The Hall–Kier alpha value is -2.37. The summed E-state index contributed by atoms with van der Waals surface area (Å²) in [5, 5.41) is 0.00506. The minimum atomic E-state index is -3.90. The Morgan fingerprint density at radius 3 is 2.63 bits per heavy atom. The van der Waals surface area contributed by atoms with Gasteiger partial charge in [-0.15, -0.1) is 0 Å². The number of anilines is 1. The van der Waals surface area contributed by atoms with Crippen LogP contribution >= 0.6 is 11.6 Å². The number of halogens is 1. The molecule has 0 radical (unpaired) electrons. The van der Waals surface area contributed by atoms with Crippen molar-refractivity contribution in [1.82, 2.24) is 9.62 Å². The first-order chi connectivity index (χ1) is 23.5.